The van der Waals surface area contributed by atoms with Gasteiger partial charge >= 0.3 is 6.03 Å². The Hall–Kier alpha value is -2.05. The van der Waals surface area contributed by atoms with Gasteiger partial charge in [-0.05, 0) is 42.5 Å². The fourth-order valence-electron chi connectivity index (χ4n) is 2.77. The number of benzene rings is 1. The molecule has 7 heteroatoms. The summed E-state index contributed by atoms with van der Waals surface area (Å²) in [5.74, 6) is 0. The number of carbonyl (C=O) groups is 1. The van der Waals surface area contributed by atoms with Crippen molar-refractivity contribution in [1.82, 2.24) is 20.8 Å². The van der Waals surface area contributed by atoms with Crippen LogP contribution in [-0.2, 0) is 12.8 Å². The van der Waals surface area contributed by atoms with Gasteiger partial charge < -0.3 is 15.7 Å². The minimum Gasteiger partial charge on any atom is -0.387 e. The third kappa shape index (κ3) is 4.03. The zero-order chi connectivity index (χ0) is 16.2. The first kappa shape index (κ1) is 15.8. The van der Waals surface area contributed by atoms with Crippen molar-refractivity contribution >= 4 is 17.6 Å². The van der Waals surface area contributed by atoms with Crippen molar-refractivity contribution in [3.63, 3.8) is 0 Å². The molecular formula is C16H19ClN4O2. The van der Waals surface area contributed by atoms with Crippen LogP contribution in [0.4, 0.5) is 4.79 Å². The summed E-state index contributed by atoms with van der Waals surface area (Å²) in [6.07, 6.45) is 3.59. The molecule has 122 valence electrons. The quantitative estimate of drug-likeness (QED) is 0.689. The minimum atomic E-state index is -0.759. The number of aromatic nitrogens is 2. The van der Waals surface area contributed by atoms with E-state index in [1.807, 2.05) is 6.20 Å². The molecule has 1 heterocycles. The first-order chi connectivity index (χ1) is 11.1. The number of fused-ring (bicyclic) bond motifs is 1. The number of H-pyrrole nitrogens is 1. The Morgan fingerprint density at radius 2 is 2.22 bits per heavy atom. The van der Waals surface area contributed by atoms with Gasteiger partial charge in [0.25, 0.3) is 0 Å². The number of nitrogens with zero attached hydrogens (tertiary/aromatic N) is 1. The number of nitrogens with one attached hydrogen (secondary N) is 3. The fraction of sp³-hybridized carbons (Fsp3) is 0.375. The fourth-order valence-corrected chi connectivity index (χ4v) is 2.89. The summed E-state index contributed by atoms with van der Waals surface area (Å²) in [5.41, 5.74) is 3.03. The van der Waals surface area contributed by atoms with Gasteiger partial charge in [0.1, 0.15) is 0 Å². The van der Waals surface area contributed by atoms with Gasteiger partial charge in [0, 0.05) is 23.3 Å². The molecule has 1 aromatic carbocycles. The highest BCUT2D eigenvalue weighted by Gasteiger charge is 2.21. The van der Waals surface area contributed by atoms with Crippen molar-refractivity contribution < 1.29 is 9.90 Å². The van der Waals surface area contributed by atoms with E-state index in [2.05, 4.69) is 20.8 Å². The molecule has 0 spiro atoms. The average Bonchev–Trinajstić information content (AvgIpc) is 3.01. The van der Waals surface area contributed by atoms with Gasteiger partial charge in [-0.1, -0.05) is 23.7 Å². The zero-order valence-corrected chi connectivity index (χ0v) is 13.3. The maximum Gasteiger partial charge on any atom is 0.315 e. The molecule has 0 bridgehead atoms. The highest BCUT2D eigenvalue weighted by molar-refractivity contribution is 6.30. The van der Waals surface area contributed by atoms with Gasteiger partial charge in [0.05, 0.1) is 12.3 Å². The Kier molecular flexibility index (Phi) is 4.83. The van der Waals surface area contributed by atoms with E-state index in [4.69, 9.17) is 11.6 Å². The monoisotopic (exact) mass is 334 g/mol. The maximum atomic E-state index is 12.0. The molecule has 4 N–H and O–H groups in total. The van der Waals surface area contributed by atoms with E-state index in [0.29, 0.717) is 5.02 Å². The van der Waals surface area contributed by atoms with Crippen LogP contribution in [0, 0.1) is 0 Å². The molecule has 1 aliphatic carbocycles. The predicted octanol–water partition coefficient (Wildman–Crippen LogP) is 1.95. The molecule has 2 aromatic rings. The van der Waals surface area contributed by atoms with Crippen LogP contribution < -0.4 is 10.6 Å². The van der Waals surface area contributed by atoms with Crippen LogP contribution >= 0.6 is 11.6 Å². The molecule has 0 fully saturated rings. The van der Waals surface area contributed by atoms with Gasteiger partial charge in [-0.2, -0.15) is 5.10 Å². The van der Waals surface area contributed by atoms with E-state index in [1.54, 1.807) is 24.3 Å². The van der Waals surface area contributed by atoms with Gasteiger partial charge in [-0.15, -0.1) is 0 Å². The third-order valence-electron chi connectivity index (χ3n) is 4.06. The molecule has 23 heavy (non-hydrogen) atoms. The number of urea groups is 1. The van der Waals surface area contributed by atoms with Crippen molar-refractivity contribution in [1.29, 1.82) is 0 Å². The Labute approximate surface area is 139 Å². The van der Waals surface area contributed by atoms with E-state index in [9.17, 15) is 9.90 Å². The highest BCUT2D eigenvalue weighted by atomic mass is 35.5. The van der Waals surface area contributed by atoms with Crippen LogP contribution in [0.15, 0.2) is 30.5 Å². The molecule has 1 aromatic heterocycles. The van der Waals surface area contributed by atoms with E-state index in [0.717, 1.165) is 36.1 Å². The van der Waals surface area contributed by atoms with Crippen LogP contribution in [0.3, 0.4) is 0 Å². The molecule has 1 aliphatic rings. The summed E-state index contributed by atoms with van der Waals surface area (Å²) in [7, 11) is 0. The molecule has 0 radical (unpaired) electrons. The number of aliphatic hydroxyl groups excluding tert-OH is 1. The summed E-state index contributed by atoms with van der Waals surface area (Å²) in [4.78, 5) is 12.0. The molecule has 6 nitrogen and oxygen atoms in total. The van der Waals surface area contributed by atoms with Gasteiger partial charge in [-0.25, -0.2) is 4.79 Å². The maximum absolute atomic E-state index is 12.0. The number of hydrogen-bond acceptors (Lipinski definition) is 3. The Morgan fingerprint density at radius 1 is 1.43 bits per heavy atom. The molecule has 3 rings (SSSR count). The minimum absolute atomic E-state index is 0.0905. The number of halogens is 1. The highest BCUT2D eigenvalue weighted by Crippen LogP contribution is 2.19. The van der Waals surface area contributed by atoms with E-state index in [1.165, 1.54) is 0 Å². The van der Waals surface area contributed by atoms with Crippen LogP contribution in [0.5, 0.6) is 0 Å². The Bertz CT molecular complexity index is 671. The number of hydrogen-bond donors (Lipinski definition) is 4. The Balaban J connectivity index is 1.45. The summed E-state index contributed by atoms with van der Waals surface area (Å²) < 4.78 is 0. The van der Waals surface area contributed by atoms with Crippen LogP contribution in [0.25, 0.3) is 0 Å². The van der Waals surface area contributed by atoms with Crippen molar-refractivity contribution in [2.45, 2.75) is 31.4 Å². The van der Waals surface area contributed by atoms with Crippen molar-refractivity contribution in [2.24, 2.45) is 0 Å². The molecule has 2 atom stereocenters. The molecule has 0 saturated carbocycles. The first-order valence-corrected chi connectivity index (χ1v) is 7.98. The number of aryl methyl sites for hydroxylation is 1. The van der Waals surface area contributed by atoms with Crippen LogP contribution in [0.2, 0.25) is 5.02 Å². The lowest BCUT2D eigenvalue weighted by Crippen LogP contribution is -2.45. The number of amides is 2. The second-order valence-corrected chi connectivity index (χ2v) is 6.17. The number of aliphatic hydroxyl groups is 1. The predicted molar refractivity (Wildman–Crippen MR) is 87.3 cm³/mol. The van der Waals surface area contributed by atoms with Crippen molar-refractivity contribution in [2.75, 3.05) is 6.54 Å². The van der Waals surface area contributed by atoms with Gasteiger partial charge in [-0.3, -0.25) is 5.10 Å². The molecule has 0 saturated heterocycles. The lowest BCUT2D eigenvalue weighted by molar-refractivity contribution is 0.172. The van der Waals surface area contributed by atoms with Gasteiger partial charge in [0.15, 0.2) is 0 Å². The first-order valence-electron chi connectivity index (χ1n) is 7.61. The molecule has 0 aliphatic heterocycles. The average molecular weight is 335 g/mol. The van der Waals surface area contributed by atoms with Crippen LogP contribution in [0.1, 0.15) is 29.3 Å². The Morgan fingerprint density at radius 3 is 3.00 bits per heavy atom. The van der Waals surface area contributed by atoms with Crippen molar-refractivity contribution in [3.05, 3.63) is 52.3 Å². The van der Waals surface area contributed by atoms with Crippen LogP contribution in [-0.4, -0.2) is 33.9 Å². The molecule has 2 amide bonds. The summed E-state index contributed by atoms with van der Waals surface area (Å²) in [5, 5.41) is 23.3. The standard InChI is InChI=1S/C16H19ClN4O2/c17-12-3-1-10(2-4-12)15(22)9-18-16(23)20-13-5-6-14-11(7-13)8-19-21-14/h1-4,8,13,15,22H,5-7,9H2,(H,19,21)(H2,18,20,23). The second kappa shape index (κ2) is 7.02. The number of rotatable bonds is 4. The summed E-state index contributed by atoms with van der Waals surface area (Å²) in [6.45, 7) is 0.150. The van der Waals surface area contributed by atoms with E-state index < -0.39 is 6.10 Å². The number of carbonyl (C=O) groups excluding carboxylic acids is 1. The smallest absolute Gasteiger partial charge is 0.315 e. The lowest BCUT2D eigenvalue weighted by Gasteiger charge is -2.23. The SMILES string of the molecule is O=C(NCC(O)c1ccc(Cl)cc1)NC1CCc2[nH]ncc2C1. The van der Waals surface area contributed by atoms with E-state index >= 15 is 0 Å². The summed E-state index contributed by atoms with van der Waals surface area (Å²) >= 11 is 5.81. The normalized spacial score (nSPS) is 18.1. The van der Waals surface area contributed by atoms with E-state index in [-0.39, 0.29) is 18.6 Å². The number of aromatic amines is 1. The van der Waals surface area contributed by atoms with Crippen molar-refractivity contribution in [3.8, 4) is 0 Å². The van der Waals surface area contributed by atoms with Gasteiger partial charge in [0.2, 0.25) is 0 Å². The topological polar surface area (TPSA) is 90.0 Å². The largest absolute Gasteiger partial charge is 0.387 e. The third-order valence-corrected chi connectivity index (χ3v) is 4.31. The lowest BCUT2D eigenvalue weighted by atomic mass is 9.94. The zero-order valence-electron chi connectivity index (χ0n) is 12.6. The molecule has 2 unspecified atom stereocenters. The molecular weight excluding hydrogens is 316 g/mol. The summed E-state index contributed by atoms with van der Waals surface area (Å²) in [6, 6.07) is 6.74. The second-order valence-electron chi connectivity index (χ2n) is 5.74.